The minimum absolute atomic E-state index is 0.0185. The van der Waals surface area contributed by atoms with Crippen LogP contribution in [0.1, 0.15) is 0 Å². The van der Waals surface area contributed by atoms with Gasteiger partial charge < -0.3 is 10.8 Å². The van der Waals surface area contributed by atoms with Gasteiger partial charge in [0, 0.05) is 10.8 Å². The van der Waals surface area contributed by atoms with Gasteiger partial charge in [-0.3, -0.25) is 19.5 Å². The fraction of sp³-hybridized carbons (Fsp3) is 0. The van der Waals surface area contributed by atoms with E-state index in [1.165, 1.54) is 30.5 Å². The number of aromatic amines is 2. The number of nitrogen functional groups attached to an aromatic ring is 1. The van der Waals surface area contributed by atoms with Crippen molar-refractivity contribution >= 4 is 54.1 Å². The average Bonchev–Trinajstić information content (AvgIpc) is 3.42. The standard InChI is InChI=1S/C10H9NO7S2.C5H4N10/c11-7-5-3-1-2-4-6(5)8(12)10(20(16,17)18)9(7)19(13,14)15;1-2(11-15-6-1)10-12-3-7-4-9-5(8-3)14-13-4/h1-4,12H,11H2,(H,13,14,15)(H,16,17,18);1H,(H2,6,10,11,15)(H,7,8,9,12). The Morgan fingerprint density at radius 2 is 1.54 bits per heavy atom. The summed E-state index contributed by atoms with van der Waals surface area (Å²) in [5.41, 5.74) is 7.81. The van der Waals surface area contributed by atoms with Crippen molar-refractivity contribution in [3.05, 3.63) is 36.1 Å². The summed E-state index contributed by atoms with van der Waals surface area (Å²) >= 11 is 0. The van der Waals surface area contributed by atoms with E-state index in [0.29, 0.717) is 17.4 Å². The molecule has 0 fully saturated rings. The predicted octanol–water partition coefficient (Wildman–Crippen LogP) is -1.15. The first-order chi connectivity index (χ1) is 16.4. The molecule has 8 N–H and O–H groups in total. The van der Waals surface area contributed by atoms with E-state index in [1.807, 2.05) is 0 Å². The van der Waals surface area contributed by atoms with Gasteiger partial charge in [-0.15, -0.1) is 20.4 Å². The van der Waals surface area contributed by atoms with E-state index in [1.54, 1.807) is 0 Å². The van der Waals surface area contributed by atoms with E-state index in [0.717, 1.165) is 0 Å². The highest BCUT2D eigenvalue weighted by Gasteiger charge is 2.32. The van der Waals surface area contributed by atoms with Gasteiger partial charge in [0.2, 0.25) is 0 Å². The summed E-state index contributed by atoms with van der Waals surface area (Å²) in [6.07, 6.45) is 1.48. The second kappa shape index (κ2) is 8.68. The molecule has 0 saturated heterocycles. The molecule has 0 atom stereocenters. The van der Waals surface area contributed by atoms with E-state index in [2.05, 4.69) is 51.1 Å². The van der Waals surface area contributed by atoms with Crippen molar-refractivity contribution in [2.24, 2.45) is 5.10 Å². The van der Waals surface area contributed by atoms with Crippen LogP contribution in [0, 0.1) is 0 Å². The molecule has 35 heavy (non-hydrogen) atoms. The van der Waals surface area contributed by atoms with Crippen LogP contribution >= 0.6 is 0 Å². The van der Waals surface area contributed by atoms with Crippen molar-refractivity contribution in [1.29, 1.82) is 0 Å². The van der Waals surface area contributed by atoms with Crippen LogP contribution in [0.5, 0.6) is 5.75 Å². The molecule has 0 unspecified atom stereocenters. The molecule has 5 rings (SSSR count). The number of aromatic nitrogens is 8. The first-order valence-corrected chi connectivity index (χ1v) is 11.9. The van der Waals surface area contributed by atoms with Crippen LogP contribution < -0.4 is 16.8 Å². The van der Waals surface area contributed by atoms with Gasteiger partial charge in [0.05, 0.1) is 11.9 Å². The van der Waals surface area contributed by atoms with Crippen molar-refractivity contribution in [2.45, 2.75) is 9.79 Å². The topological polar surface area (TPSA) is 288 Å². The molecule has 0 saturated carbocycles. The zero-order valence-electron chi connectivity index (χ0n) is 16.9. The number of nitrogens with zero attached hydrogens (tertiary/aromatic N) is 7. The van der Waals surface area contributed by atoms with E-state index < -0.39 is 41.5 Å². The number of nitrogens with one attached hydrogen (secondary N) is 3. The molecule has 3 aromatic heterocycles. The lowest BCUT2D eigenvalue weighted by Gasteiger charge is -2.13. The monoisotopic (exact) mass is 523 g/mol. The van der Waals surface area contributed by atoms with E-state index in [9.17, 15) is 21.9 Å². The van der Waals surface area contributed by atoms with Crippen molar-refractivity contribution in [3.8, 4) is 5.75 Å². The van der Waals surface area contributed by atoms with Crippen molar-refractivity contribution in [2.75, 3.05) is 11.2 Å². The second-order valence-corrected chi connectivity index (χ2v) is 9.21. The Labute approximate surface area is 193 Å². The molecule has 0 radical (unpaired) electrons. The quantitative estimate of drug-likeness (QED) is 0.0633. The number of hydrogen-bond acceptors (Lipinski definition) is 14. The van der Waals surface area contributed by atoms with Gasteiger partial charge in [0.25, 0.3) is 37.4 Å². The van der Waals surface area contributed by atoms with Gasteiger partial charge in [0.1, 0.15) is 10.6 Å². The summed E-state index contributed by atoms with van der Waals surface area (Å²) in [6, 6.07) is 5.53. The molecule has 182 valence electrons. The molecule has 18 nitrogen and oxygen atoms in total. The third-order valence-electron chi connectivity index (χ3n) is 4.21. The number of benzene rings is 2. The second-order valence-electron chi connectivity index (χ2n) is 6.49. The molecule has 0 aliphatic heterocycles. The zero-order valence-corrected chi connectivity index (χ0v) is 18.5. The van der Waals surface area contributed by atoms with Crippen molar-refractivity contribution in [1.82, 2.24) is 40.6 Å². The van der Waals surface area contributed by atoms with Gasteiger partial charge in [-0.05, 0) is 0 Å². The summed E-state index contributed by atoms with van der Waals surface area (Å²) in [5, 5.41) is 30.8. The van der Waals surface area contributed by atoms with Gasteiger partial charge in [0.15, 0.2) is 10.7 Å². The third-order valence-corrected chi connectivity index (χ3v) is 6.20. The lowest BCUT2D eigenvalue weighted by atomic mass is 10.1. The van der Waals surface area contributed by atoms with Crippen molar-refractivity contribution in [3.63, 3.8) is 0 Å². The summed E-state index contributed by atoms with van der Waals surface area (Å²) in [6.45, 7) is 0. The number of phenolic OH excluding ortho intramolecular Hbond substituents is 1. The van der Waals surface area contributed by atoms with E-state index in [-0.39, 0.29) is 16.4 Å². The Morgan fingerprint density at radius 3 is 2.09 bits per heavy atom. The molecule has 5 aromatic rings. The SMILES string of the molecule is Nc1c(S(=O)(=O)O)c(S(=O)(=O)O)c(O)c2ccccc12.c1n[nH]nc1NN=c1nc2nnc(n1)[nH]2. The highest BCUT2D eigenvalue weighted by Crippen LogP contribution is 2.41. The summed E-state index contributed by atoms with van der Waals surface area (Å²) < 4.78 is 63.4. The molecule has 3 heterocycles. The third kappa shape index (κ3) is 4.89. The Bertz CT molecular complexity index is 1690. The van der Waals surface area contributed by atoms with Crippen molar-refractivity contribution < 1.29 is 31.0 Å². The Kier molecular flexibility index (Phi) is 5.86. The number of phenols is 1. The highest BCUT2D eigenvalue weighted by molar-refractivity contribution is 7.89. The van der Waals surface area contributed by atoms with Gasteiger partial charge in [-0.25, -0.2) is 0 Å². The van der Waals surface area contributed by atoms with Gasteiger partial charge >= 0.3 is 0 Å². The summed E-state index contributed by atoms with van der Waals surface area (Å²) in [7, 11) is -10.2. The normalized spacial score (nSPS) is 11.8. The largest absolute Gasteiger partial charge is 0.506 e. The highest BCUT2D eigenvalue weighted by atomic mass is 32.2. The van der Waals surface area contributed by atoms with Gasteiger partial charge in [-0.1, -0.05) is 24.3 Å². The molecule has 20 heteroatoms. The van der Waals surface area contributed by atoms with Crippen LogP contribution in [0.15, 0.2) is 45.4 Å². The van der Waals surface area contributed by atoms with E-state index in [4.69, 9.17) is 14.8 Å². The zero-order chi connectivity index (χ0) is 25.4. The van der Waals surface area contributed by atoms with Crippen LogP contribution in [0.4, 0.5) is 11.5 Å². The van der Waals surface area contributed by atoms with Crippen LogP contribution in [0.2, 0.25) is 0 Å². The predicted molar refractivity (Wildman–Crippen MR) is 116 cm³/mol. The van der Waals surface area contributed by atoms with Crippen LogP contribution in [0.25, 0.3) is 22.3 Å². The first kappa shape index (κ1) is 23.6. The fourth-order valence-electron chi connectivity index (χ4n) is 2.87. The molecular weight excluding hydrogens is 510 g/mol. The molecule has 0 aliphatic carbocycles. The van der Waals surface area contributed by atoms with Crippen LogP contribution in [-0.4, -0.2) is 71.6 Å². The minimum Gasteiger partial charge on any atom is -0.506 e. The number of anilines is 2. The maximum atomic E-state index is 11.3. The number of H-pyrrole nitrogens is 2. The Balaban J connectivity index is 0.000000171. The molecular formula is C15H13N11O7S2. The number of aromatic hydroxyl groups is 1. The number of hydrogen-bond donors (Lipinski definition) is 7. The smallest absolute Gasteiger partial charge is 0.299 e. The van der Waals surface area contributed by atoms with Crippen LogP contribution in [-0.2, 0) is 20.2 Å². The maximum absolute atomic E-state index is 11.3. The van der Waals surface area contributed by atoms with Gasteiger partial charge in [-0.2, -0.15) is 37.1 Å². The molecule has 0 aliphatic rings. The average molecular weight is 523 g/mol. The number of fused-ring (bicyclic) bond motifs is 3. The summed E-state index contributed by atoms with van der Waals surface area (Å²) in [5.74, 6) is 0.217. The fourth-order valence-corrected chi connectivity index (χ4v) is 4.92. The lowest BCUT2D eigenvalue weighted by molar-refractivity contribution is 0.436. The molecule has 2 bridgehead atoms. The Morgan fingerprint density at radius 1 is 0.943 bits per heavy atom. The molecule has 0 amide bonds. The molecule has 0 spiro atoms. The lowest BCUT2D eigenvalue weighted by Crippen LogP contribution is -2.15. The minimum atomic E-state index is -5.13. The maximum Gasteiger partial charge on any atom is 0.299 e. The van der Waals surface area contributed by atoms with E-state index >= 15 is 0 Å². The molecule has 2 aromatic carbocycles. The number of nitrogens with two attached hydrogens (primary N) is 1. The first-order valence-electron chi connectivity index (χ1n) is 8.99. The Hall–Kier alpha value is -4.53. The summed E-state index contributed by atoms with van der Waals surface area (Å²) in [4.78, 5) is 7.99. The van der Waals surface area contributed by atoms with Crippen LogP contribution in [0.3, 0.4) is 0 Å². The number of rotatable bonds is 4.